The van der Waals surface area contributed by atoms with Gasteiger partial charge in [0, 0.05) is 82.4 Å². The van der Waals surface area contributed by atoms with Crippen molar-refractivity contribution < 1.29 is 27.1 Å². The van der Waals surface area contributed by atoms with E-state index in [4.69, 9.17) is 4.74 Å². The Morgan fingerprint density at radius 1 is 0.957 bits per heavy atom. The fraction of sp³-hybridized carbons (Fsp3) is 0.510. The number of piperidine rings is 1. The third kappa shape index (κ3) is 10.5. The van der Waals surface area contributed by atoms with Gasteiger partial charge in [-0.3, -0.25) is 19.8 Å². The monoisotopic (exact) mass is 979 g/mol. The molecular weight excluding hydrogens is 915 g/mol. The van der Waals surface area contributed by atoms with Gasteiger partial charge in [-0.2, -0.15) is 0 Å². The van der Waals surface area contributed by atoms with Crippen LogP contribution >= 0.6 is 0 Å². The molecule has 368 valence electrons. The second-order valence-corrected chi connectivity index (χ2v) is 24.4. The van der Waals surface area contributed by atoms with Crippen LogP contribution in [0.15, 0.2) is 88.5 Å². The summed E-state index contributed by atoms with van der Waals surface area (Å²) < 4.78 is 53.6. The quantitative estimate of drug-likeness (QED) is 0.0624. The summed E-state index contributed by atoms with van der Waals surface area (Å²) in [6, 6.07) is 19.8. The Bertz CT molecular complexity index is 2920. The van der Waals surface area contributed by atoms with Gasteiger partial charge >= 0.3 is 5.69 Å². The molecule has 4 aliphatic rings. The Morgan fingerprint density at radius 3 is 2.43 bits per heavy atom. The lowest BCUT2D eigenvalue weighted by atomic mass is 9.59. The number of aromatic nitrogens is 3. The van der Waals surface area contributed by atoms with Gasteiger partial charge in [-0.25, -0.2) is 31.7 Å². The Balaban J connectivity index is 0.874. The Morgan fingerprint density at radius 2 is 1.71 bits per heavy atom. The summed E-state index contributed by atoms with van der Waals surface area (Å²) in [7, 11) is -6.84. The van der Waals surface area contributed by atoms with Gasteiger partial charge in [0.2, 0.25) is 5.82 Å². The Labute approximate surface area is 405 Å². The van der Waals surface area contributed by atoms with Crippen molar-refractivity contribution in [2.45, 2.75) is 121 Å². The average Bonchev–Trinajstić information content (AvgIpc) is 4.03. The van der Waals surface area contributed by atoms with Gasteiger partial charge in [0.05, 0.1) is 28.9 Å². The lowest BCUT2D eigenvalue weighted by Crippen LogP contribution is -2.54. The molecule has 2 aliphatic heterocycles. The number of rotatable bonds is 16. The molecule has 0 radical (unpaired) electrons. The lowest BCUT2D eigenvalue weighted by molar-refractivity contribution is -0.384. The van der Waals surface area contributed by atoms with Crippen LogP contribution in [0.1, 0.15) is 125 Å². The van der Waals surface area contributed by atoms with E-state index < -0.39 is 41.2 Å². The first-order chi connectivity index (χ1) is 33.1. The zero-order valence-corrected chi connectivity index (χ0v) is 41.7. The van der Waals surface area contributed by atoms with Gasteiger partial charge in [0.1, 0.15) is 22.0 Å². The van der Waals surface area contributed by atoms with Gasteiger partial charge < -0.3 is 19.9 Å². The highest BCUT2D eigenvalue weighted by Crippen LogP contribution is 2.54. The minimum atomic E-state index is -4.64. The van der Waals surface area contributed by atoms with E-state index in [1.54, 1.807) is 24.4 Å². The number of carbonyl (C=O) groups is 1. The molecule has 16 nitrogen and oxygen atoms in total. The number of fused-ring (bicyclic) bond motifs is 1. The van der Waals surface area contributed by atoms with Gasteiger partial charge in [-0.1, -0.05) is 52.0 Å². The van der Waals surface area contributed by atoms with Crippen molar-refractivity contribution in [3.8, 4) is 11.5 Å². The average molecular weight is 980 g/mol. The summed E-state index contributed by atoms with van der Waals surface area (Å²) in [5, 5.41) is 16.1. The van der Waals surface area contributed by atoms with E-state index in [9.17, 15) is 27.5 Å². The van der Waals surface area contributed by atoms with E-state index in [1.165, 1.54) is 43.0 Å². The van der Waals surface area contributed by atoms with E-state index in [0.29, 0.717) is 52.9 Å². The third-order valence-electron chi connectivity index (χ3n) is 15.3. The summed E-state index contributed by atoms with van der Waals surface area (Å²) in [5.74, 6) is 1.17. The van der Waals surface area contributed by atoms with Crippen molar-refractivity contribution in [1.29, 1.82) is 0 Å². The van der Waals surface area contributed by atoms with Crippen LogP contribution < -0.4 is 19.7 Å². The van der Waals surface area contributed by atoms with Crippen LogP contribution in [0.5, 0.6) is 11.5 Å². The largest absolute Gasteiger partial charge is 0.455 e. The SMILES string of the molecule is CCS(=O)(CC)=NC1CCC(CNc2ncc(S(=O)(=O)NC(=O)c3ccc(N4CCC5(CC4)CC(N4CCC[C@H]4c4ccccc4C(C)C)C5)cc3Oc3cnc4[nH]ccc4c3)cc2[N+](=O)[O-])CC1. The fourth-order valence-electron chi connectivity index (χ4n) is 11.2. The van der Waals surface area contributed by atoms with E-state index in [2.05, 4.69) is 77.3 Å². The van der Waals surface area contributed by atoms with Crippen LogP contribution in [-0.2, 0) is 19.8 Å². The van der Waals surface area contributed by atoms with Crippen LogP contribution in [-0.4, -0.2) is 93.1 Å². The molecule has 3 aromatic heterocycles. The number of benzene rings is 2. The molecule has 3 N–H and O–H groups in total. The molecule has 69 heavy (non-hydrogen) atoms. The maximum absolute atomic E-state index is 14.0. The zero-order valence-electron chi connectivity index (χ0n) is 40.1. The molecule has 0 unspecified atom stereocenters. The number of aromatic amines is 1. The predicted octanol–water partition coefficient (Wildman–Crippen LogP) is 9.97. The molecule has 4 fully saturated rings. The van der Waals surface area contributed by atoms with Crippen molar-refractivity contribution in [3.05, 3.63) is 106 Å². The first kappa shape index (κ1) is 48.4. The number of hydrogen-bond donors (Lipinski definition) is 3. The van der Waals surface area contributed by atoms with Crippen LogP contribution in [0.2, 0.25) is 0 Å². The standard InChI is InChI=1S/C51H65N9O7S2/c1-5-68(64,6-2)56-37-15-13-35(14-16-37)31-53-49-46(60(62)63)28-41(33-55-49)69(65,66)57-50(61)44-18-17-38(27-47(44)67-40-26-36-19-22-52-48(36)54-32-40)58-24-20-51(21-25-58)29-39(30-51)59-23-9-12-45(59)43-11-8-7-10-42(43)34(3)4/h7-8,10-11,17-19,22,26-28,32-35,37,39,45H,5-6,9,12-16,20-21,23-25,29-31H2,1-4H3,(H,52,54)(H,53,55)(H,57,61)/t35?,37?,45-/m0/s1. The highest BCUT2D eigenvalue weighted by Gasteiger charge is 2.50. The molecule has 18 heteroatoms. The minimum absolute atomic E-state index is 0.0309. The molecule has 5 heterocycles. The number of nitro groups is 1. The van der Waals surface area contributed by atoms with Crippen LogP contribution in [0.3, 0.4) is 0 Å². The topological polar surface area (TPSA) is 205 Å². The number of hydrogen-bond acceptors (Lipinski definition) is 13. The number of likely N-dealkylation sites (tertiary alicyclic amines) is 1. The van der Waals surface area contributed by atoms with E-state index in [-0.39, 0.29) is 29.1 Å². The molecule has 2 saturated heterocycles. The molecule has 2 aliphatic carbocycles. The molecule has 2 saturated carbocycles. The molecule has 1 atom stereocenters. The first-order valence-electron chi connectivity index (χ1n) is 24.7. The van der Waals surface area contributed by atoms with Crippen LogP contribution in [0, 0.1) is 21.4 Å². The second-order valence-electron chi connectivity index (χ2n) is 19.8. The molecular formula is C51H65N9O7S2. The van der Waals surface area contributed by atoms with Crippen LogP contribution in [0.4, 0.5) is 17.2 Å². The summed E-state index contributed by atoms with van der Waals surface area (Å²) in [6.45, 7) is 11.6. The van der Waals surface area contributed by atoms with Gasteiger partial charge in [-0.15, -0.1) is 0 Å². The van der Waals surface area contributed by atoms with E-state index in [1.807, 2.05) is 26.0 Å². The molecule has 0 bridgehead atoms. The van der Waals surface area contributed by atoms with Crippen molar-refractivity contribution in [2.75, 3.05) is 47.9 Å². The van der Waals surface area contributed by atoms with Crippen molar-refractivity contribution in [2.24, 2.45) is 15.7 Å². The number of sulfonamides is 1. The first-order valence-corrected chi connectivity index (χ1v) is 28.0. The summed E-state index contributed by atoms with van der Waals surface area (Å²) in [5.41, 5.74) is 4.18. The number of carbonyl (C=O) groups excluding carboxylic acids is 1. The fourth-order valence-corrected chi connectivity index (χ4v) is 13.6. The zero-order chi connectivity index (χ0) is 48.5. The van der Waals surface area contributed by atoms with E-state index in [0.717, 1.165) is 81.5 Å². The summed E-state index contributed by atoms with van der Waals surface area (Å²) in [6.07, 6.45) is 14.4. The third-order valence-corrected chi connectivity index (χ3v) is 19.1. The number of amides is 1. The summed E-state index contributed by atoms with van der Waals surface area (Å²) in [4.78, 5) is 41.8. The number of nitrogens with zero attached hydrogens (tertiary/aromatic N) is 6. The molecule has 1 spiro atoms. The number of nitrogens with one attached hydrogen (secondary N) is 3. The molecule has 9 rings (SSSR count). The van der Waals surface area contributed by atoms with Crippen molar-refractivity contribution in [3.63, 3.8) is 0 Å². The minimum Gasteiger partial charge on any atom is -0.455 e. The maximum atomic E-state index is 14.0. The van der Waals surface area contributed by atoms with Gasteiger partial charge in [0.25, 0.3) is 15.9 Å². The number of ether oxygens (including phenoxy) is 1. The normalized spacial score (nSPS) is 21.1. The van der Waals surface area contributed by atoms with Crippen molar-refractivity contribution >= 4 is 53.9 Å². The summed E-state index contributed by atoms with van der Waals surface area (Å²) >= 11 is 0. The van der Waals surface area contributed by atoms with Crippen molar-refractivity contribution in [1.82, 2.24) is 24.6 Å². The second kappa shape index (κ2) is 20.0. The number of H-pyrrole nitrogens is 1. The Kier molecular flexibility index (Phi) is 14.1. The van der Waals surface area contributed by atoms with Gasteiger partial charge in [-0.05, 0) is 123 Å². The highest BCUT2D eigenvalue weighted by molar-refractivity contribution is 7.93. The van der Waals surface area contributed by atoms with E-state index >= 15 is 0 Å². The smallest absolute Gasteiger partial charge is 0.312 e. The number of anilines is 2. The molecule has 1 amide bonds. The predicted molar refractivity (Wildman–Crippen MR) is 270 cm³/mol. The number of pyridine rings is 2. The Hall–Kier alpha value is -5.59. The molecule has 5 aromatic rings. The highest BCUT2D eigenvalue weighted by atomic mass is 32.2. The molecule has 2 aromatic carbocycles. The van der Waals surface area contributed by atoms with Gasteiger partial charge in [0.15, 0.2) is 0 Å². The van der Waals surface area contributed by atoms with Crippen LogP contribution in [0.25, 0.3) is 11.0 Å². The maximum Gasteiger partial charge on any atom is 0.312 e. The lowest BCUT2D eigenvalue weighted by Gasteiger charge is -2.56.